The second-order valence-electron chi connectivity index (χ2n) is 7.00. The molecule has 2 aromatic heterocycles. The van der Waals surface area contributed by atoms with Crippen molar-refractivity contribution in [3.05, 3.63) is 77.6 Å². The minimum atomic E-state index is -0.455. The van der Waals surface area contributed by atoms with Gasteiger partial charge >= 0.3 is 0 Å². The number of amides is 1. The lowest BCUT2D eigenvalue weighted by Gasteiger charge is -2.10. The van der Waals surface area contributed by atoms with Crippen LogP contribution < -0.4 is 11.1 Å². The first-order valence-electron chi connectivity index (χ1n) is 9.68. The maximum Gasteiger partial charge on any atom is 0.248 e. The van der Waals surface area contributed by atoms with Gasteiger partial charge in [0.2, 0.25) is 11.9 Å². The van der Waals surface area contributed by atoms with E-state index in [0.717, 1.165) is 38.9 Å². The summed E-state index contributed by atoms with van der Waals surface area (Å²) in [5, 5.41) is 8.92. The Bertz CT molecular complexity index is 1250. The largest absolute Gasteiger partial charge is 0.366 e. The van der Waals surface area contributed by atoms with Crippen molar-refractivity contribution in [1.29, 1.82) is 0 Å². The molecule has 0 radical (unpaired) electrons. The second-order valence-corrected chi connectivity index (χ2v) is 7.80. The second kappa shape index (κ2) is 8.61. The van der Waals surface area contributed by atoms with Gasteiger partial charge in [-0.2, -0.15) is 5.10 Å². The molecule has 0 unspecified atom stereocenters. The minimum absolute atomic E-state index is 0.455. The van der Waals surface area contributed by atoms with Gasteiger partial charge in [-0.1, -0.05) is 18.2 Å². The lowest BCUT2D eigenvalue weighted by atomic mass is 10.1. The summed E-state index contributed by atoms with van der Waals surface area (Å²) in [5.74, 6) is 0.00901. The quantitative estimate of drug-likeness (QED) is 0.437. The molecule has 31 heavy (non-hydrogen) atoms. The van der Waals surface area contributed by atoms with Gasteiger partial charge in [-0.3, -0.25) is 4.79 Å². The average Bonchev–Trinajstić information content (AvgIpc) is 3.12. The molecule has 2 heterocycles. The van der Waals surface area contributed by atoms with Crippen molar-refractivity contribution in [2.24, 2.45) is 5.73 Å². The van der Waals surface area contributed by atoms with Gasteiger partial charge in [0.1, 0.15) is 5.03 Å². The molecule has 0 fully saturated rings. The third-order valence-electron chi connectivity index (χ3n) is 4.95. The van der Waals surface area contributed by atoms with E-state index in [2.05, 4.69) is 10.3 Å². The summed E-state index contributed by atoms with van der Waals surface area (Å²) in [6.07, 6.45) is 3.73. The Kier molecular flexibility index (Phi) is 5.73. The Morgan fingerprint density at radius 1 is 1.10 bits per heavy atom. The minimum Gasteiger partial charge on any atom is -0.366 e. The summed E-state index contributed by atoms with van der Waals surface area (Å²) in [5.41, 5.74) is 11.3. The van der Waals surface area contributed by atoms with Crippen molar-refractivity contribution in [1.82, 2.24) is 19.7 Å². The number of anilines is 2. The van der Waals surface area contributed by atoms with Crippen molar-refractivity contribution in [2.75, 3.05) is 11.6 Å². The summed E-state index contributed by atoms with van der Waals surface area (Å²) in [6.45, 7) is 3.94. The van der Waals surface area contributed by atoms with Crippen LogP contribution in [0.4, 0.5) is 11.6 Å². The molecule has 4 aromatic rings. The van der Waals surface area contributed by atoms with E-state index in [0.29, 0.717) is 11.5 Å². The molecule has 0 saturated heterocycles. The summed E-state index contributed by atoms with van der Waals surface area (Å²) in [6, 6.07) is 17.1. The van der Waals surface area contributed by atoms with Crippen molar-refractivity contribution in [2.45, 2.75) is 18.9 Å². The van der Waals surface area contributed by atoms with Gasteiger partial charge in [0.05, 0.1) is 22.6 Å². The number of carbonyl (C=O) groups is 1. The molecule has 0 spiro atoms. The predicted octanol–water partition coefficient (Wildman–Crippen LogP) is 4.51. The summed E-state index contributed by atoms with van der Waals surface area (Å²) in [4.78, 5) is 20.5. The number of carbonyl (C=O) groups excluding carboxylic acids is 1. The predicted molar refractivity (Wildman–Crippen MR) is 124 cm³/mol. The van der Waals surface area contributed by atoms with Gasteiger partial charge in [-0.25, -0.2) is 14.6 Å². The Hall–Kier alpha value is -3.65. The van der Waals surface area contributed by atoms with E-state index in [-0.39, 0.29) is 0 Å². The van der Waals surface area contributed by atoms with Crippen molar-refractivity contribution in [3.63, 3.8) is 0 Å². The number of thioether (sulfide) groups is 1. The number of hydrogen-bond donors (Lipinski definition) is 2. The Morgan fingerprint density at radius 3 is 2.55 bits per heavy atom. The highest BCUT2D eigenvalue weighted by Crippen LogP contribution is 2.33. The van der Waals surface area contributed by atoms with Gasteiger partial charge < -0.3 is 11.1 Å². The molecular formula is C23H22N6OS. The van der Waals surface area contributed by atoms with Crippen LogP contribution in [0.15, 0.2) is 65.8 Å². The third-order valence-corrected chi connectivity index (χ3v) is 5.62. The fourth-order valence-corrected chi connectivity index (χ4v) is 3.99. The molecule has 8 heteroatoms. The number of aryl methyl sites for hydroxylation is 1. The van der Waals surface area contributed by atoms with E-state index in [4.69, 9.17) is 15.8 Å². The van der Waals surface area contributed by atoms with E-state index < -0.39 is 5.91 Å². The molecular weight excluding hydrogens is 408 g/mol. The zero-order valence-electron chi connectivity index (χ0n) is 17.5. The molecule has 3 N–H and O–H groups in total. The Labute approximate surface area is 184 Å². The van der Waals surface area contributed by atoms with Crippen molar-refractivity contribution in [3.8, 4) is 16.9 Å². The highest BCUT2D eigenvalue weighted by molar-refractivity contribution is 7.98. The van der Waals surface area contributed by atoms with Crippen LogP contribution in [-0.4, -0.2) is 31.9 Å². The molecule has 0 aliphatic carbocycles. The van der Waals surface area contributed by atoms with Gasteiger partial charge in [-0.15, -0.1) is 11.8 Å². The zero-order valence-corrected chi connectivity index (χ0v) is 18.3. The molecule has 7 nitrogen and oxygen atoms in total. The van der Waals surface area contributed by atoms with E-state index in [9.17, 15) is 4.79 Å². The zero-order chi connectivity index (χ0) is 22.0. The lowest BCUT2D eigenvalue weighted by molar-refractivity contribution is 0.1000. The van der Waals surface area contributed by atoms with Crippen molar-refractivity contribution >= 4 is 29.3 Å². The molecule has 0 aliphatic heterocycles. The van der Waals surface area contributed by atoms with Crippen LogP contribution in [0.2, 0.25) is 0 Å². The van der Waals surface area contributed by atoms with E-state index in [1.165, 1.54) is 0 Å². The van der Waals surface area contributed by atoms with Crippen molar-refractivity contribution < 1.29 is 4.79 Å². The lowest BCUT2D eigenvalue weighted by Crippen LogP contribution is -2.11. The van der Waals surface area contributed by atoms with Crippen LogP contribution in [0, 0.1) is 13.8 Å². The van der Waals surface area contributed by atoms with Crippen LogP contribution in [0.3, 0.4) is 0 Å². The van der Waals surface area contributed by atoms with Crippen LogP contribution in [-0.2, 0) is 0 Å². The summed E-state index contributed by atoms with van der Waals surface area (Å²) in [7, 11) is 0. The van der Waals surface area contributed by atoms with Crippen LogP contribution in [0.25, 0.3) is 16.9 Å². The average molecular weight is 431 g/mol. The number of nitrogens with zero attached hydrogens (tertiary/aromatic N) is 4. The highest BCUT2D eigenvalue weighted by atomic mass is 32.2. The summed E-state index contributed by atoms with van der Waals surface area (Å²) >= 11 is 1.58. The first-order chi connectivity index (χ1) is 15.0. The fraction of sp³-hybridized carbons (Fsp3) is 0.130. The molecule has 156 valence electrons. The number of nitrogens with two attached hydrogens (primary N) is 1. The fourth-order valence-electron chi connectivity index (χ4n) is 3.37. The SMILES string of the molecule is CSc1nn(-c2ccccc2)c(C)c1-c1ccnc(Nc2ccc(C(N)=O)cc2C)n1. The first-order valence-corrected chi connectivity index (χ1v) is 10.9. The molecule has 0 bridgehead atoms. The maximum absolute atomic E-state index is 11.4. The molecule has 4 rings (SSSR count). The molecule has 0 atom stereocenters. The maximum atomic E-state index is 11.4. The molecule has 0 aliphatic rings. The molecule has 0 saturated carbocycles. The Morgan fingerprint density at radius 2 is 1.87 bits per heavy atom. The topological polar surface area (TPSA) is 98.7 Å². The molecule has 2 aromatic carbocycles. The summed E-state index contributed by atoms with van der Waals surface area (Å²) < 4.78 is 1.93. The Balaban J connectivity index is 1.71. The van der Waals surface area contributed by atoms with Gasteiger partial charge in [0, 0.05) is 17.4 Å². The van der Waals surface area contributed by atoms with Crippen LogP contribution in [0.1, 0.15) is 21.6 Å². The monoisotopic (exact) mass is 430 g/mol. The van der Waals surface area contributed by atoms with E-state index in [1.54, 1.807) is 36.2 Å². The number of primary amides is 1. The van der Waals surface area contributed by atoms with Gasteiger partial charge in [0.25, 0.3) is 0 Å². The van der Waals surface area contributed by atoms with Crippen LogP contribution >= 0.6 is 11.8 Å². The number of rotatable bonds is 6. The number of para-hydroxylation sites is 1. The standard InChI is InChI=1S/C23H22N6OS/c1-14-13-16(21(24)30)9-10-18(14)26-23-25-12-11-19(27-23)20-15(2)29(28-22(20)31-3)17-7-5-4-6-8-17/h4-13H,1-3H3,(H2,24,30)(H,25,26,27). The number of hydrogen-bond acceptors (Lipinski definition) is 6. The van der Waals surface area contributed by atoms with E-state index >= 15 is 0 Å². The number of benzene rings is 2. The third kappa shape index (κ3) is 4.15. The normalized spacial score (nSPS) is 10.8. The first kappa shape index (κ1) is 20.6. The smallest absolute Gasteiger partial charge is 0.248 e. The number of nitrogens with one attached hydrogen (secondary N) is 1. The van der Waals surface area contributed by atoms with E-state index in [1.807, 2.05) is 61.2 Å². The highest BCUT2D eigenvalue weighted by Gasteiger charge is 2.18. The van der Waals surface area contributed by atoms with Gasteiger partial charge in [-0.05, 0) is 62.1 Å². The van der Waals surface area contributed by atoms with Crippen LogP contribution in [0.5, 0.6) is 0 Å². The van der Waals surface area contributed by atoms with Gasteiger partial charge in [0.15, 0.2) is 0 Å². The number of aromatic nitrogens is 4. The molecule has 1 amide bonds.